The summed E-state index contributed by atoms with van der Waals surface area (Å²) in [5.41, 5.74) is 2.78. The molecule has 0 aliphatic carbocycles. The van der Waals surface area contributed by atoms with Gasteiger partial charge in [-0.1, -0.05) is 26.0 Å². The SMILES string of the molecule is CC(C)Cc1n[nH]c2c1C(c1ccc(F)cc1)N(c1ccc3c(c1)OC(F)(F)O3)C2=O. The molecule has 1 unspecified atom stereocenters. The number of carbonyl (C=O) groups excluding carboxylic acids is 1. The van der Waals surface area contributed by atoms with Crippen molar-refractivity contribution in [1.29, 1.82) is 0 Å². The van der Waals surface area contributed by atoms with Crippen LogP contribution in [0, 0.1) is 11.7 Å². The van der Waals surface area contributed by atoms with E-state index in [1.165, 1.54) is 35.2 Å². The van der Waals surface area contributed by atoms with Crippen LogP contribution in [0.4, 0.5) is 18.9 Å². The Morgan fingerprint density at radius 2 is 1.84 bits per heavy atom. The first-order chi connectivity index (χ1) is 14.7. The second kappa shape index (κ2) is 6.76. The van der Waals surface area contributed by atoms with Crippen LogP contribution in [0.5, 0.6) is 11.5 Å². The number of fused-ring (bicyclic) bond motifs is 2. The quantitative estimate of drug-likeness (QED) is 0.646. The molecule has 0 fully saturated rings. The largest absolute Gasteiger partial charge is 0.586 e. The van der Waals surface area contributed by atoms with Gasteiger partial charge in [0.15, 0.2) is 11.5 Å². The summed E-state index contributed by atoms with van der Waals surface area (Å²) in [6, 6.07) is 9.42. The molecule has 0 saturated carbocycles. The Balaban J connectivity index is 1.64. The van der Waals surface area contributed by atoms with E-state index in [9.17, 15) is 18.0 Å². The first kappa shape index (κ1) is 19.5. The van der Waals surface area contributed by atoms with Gasteiger partial charge in [0.25, 0.3) is 5.91 Å². The Hall–Kier alpha value is -3.49. The van der Waals surface area contributed by atoms with Crippen molar-refractivity contribution in [2.24, 2.45) is 5.92 Å². The minimum atomic E-state index is -3.76. The fourth-order valence-corrected chi connectivity index (χ4v) is 4.07. The number of aromatic nitrogens is 2. The normalized spacial score (nSPS) is 18.7. The number of rotatable bonds is 4. The Kier molecular flexibility index (Phi) is 4.25. The second-order valence-electron chi connectivity index (χ2n) is 7.98. The summed E-state index contributed by atoms with van der Waals surface area (Å²) in [6.07, 6.45) is -3.12. The van der Waals surface area contributed by atoms with Gasteiger partial charge in [-0.2, -0.15) is 5.10 Å². The zero-order valence-corrected chi connectivity index (χ0v) is 16.7. The molecule has 2 aromatic carbocycles. The lowest BCUT2D eigenvalue weighted by Crippen LogP contribution is -2.29. The molecule has 160 valence electrons. The Bertz CT molecular complexity index is 1170. The highest BCUT2D eigenvalue weighted by Crippen LogP contribution is 2.47. The second-order valence-corrected chi connectivity index (χ2v) is 7.98. The van der Waals surface area contributed by atoms with Crippen molar-refractivity contribution in [3.63, 3.8) is 0 Å². The first-order valence-corrected chi connectivity index (χ1v) is 9.79. The van der Waals surface area contributed by atoms with Crippen LogP contribution in [0.3, 0.4) is 0 Å². The van der Waals surface area contributed by atoms with Crippen molar-refractivity contribution in [3.05, 3.63) is 70.8 Å². The van der Waals surface area contributed by atoms with Crippen molar-refractivity contribution < 1.29 is 27.4 Å². The summed E-state index contributed by atoms with van der Waals surface area (Å²) in [6.45, 7) is 4.08. The topological polar surface area (TPSA) is 67.5 Å². The van der Waals surface area contributed by atoms with E-state index in [2.05, 4.69) is 19.7 Å². The number of nitrogens with zero attached hydrogens (tertiary/aromatic N) is 2. The van der Waals surface area contributed by atoms with Crippen LogP contribution in [-0.4, -0.2) is 22.4 Å². The highest BCUT2D eigenvalue weighted by atomic mass is 19.3. The molecular weight excluding hydrogens is 411 g/mol. The van der Waals surface area contributed by atoms with Gasteiger partial charge in [-0.05, 0) is 42.2 Å². The number of hydrogen-bond donors (Lipinski definition) is 1. The number of H-pyrrole nitrogens is 1. The van der Waals surface area contributed by atoms with Crippen LogP contribution in [0.25, 0.3) is 0 Å². The van der Waals surface area contributed by atoms with E-state index in [4.69, 9.17) is 0 Å². The number of aromatic amines is 1. The standard InChI is InChI=1S/C22H18F3N3O3/c1-11(2)9-15-18-19(27-26-15)21(29)28(20(18)12-3-5-13(23)6-4-12)14-7-8-16-17(10-14)31-22(24,25)30-16/h3-8,10-11,20H,9H2,1-2H3,(H,26,27). The van der Waals surface area contributed by atoms with Crippen molar-refractivity contribution in [1.82, 2.24) is 10.2 Å². The number of anilines is 1. The number of hydrogen-bond acceptors (Lipinski definition) is 4. The fourth-order valence-electron chi connectivity index (χ4n) is 4.07. The predicted molar refractivity (Wildman–Crippen MR) is 105 cm³/mol. The van der Waals surface area contributed by atoms with Gasteiger partial charge in [0.2, 0.25) is 0 Å². The average Bonchev–Trinajstić information content (AvgIpc) is 3.32. The van der Waals surface area contributed by atoms with E-state index in [-0.39, 0.29) is 23.3 Å². The van der Waals surface area contributed by atoms with Crippen LogP contribution in [0.2, 0.25) is 0 Å². The van der Waals surface area contributed by atoms with Crippen LogP contribution in [0.15, 0.2) is 42.5 Å². The van der Waals surface area contributed by atoms with E-state index in [0.29, 0.717) is 28.9 Å². The fraction of sp³-hybridized carbons (Fsp3) is 0.273. The molecule has 2 aliphatic heterocycles. The molecule has 3 heterocycles. The lowest BCUT2D eigenvalue weighted by molar-refractivity contribution is -0.286. The Labute approximate surface area is 175 Å². The molecule has 1 amide bonds. The van der Waals surface area contributed by atoms with E-state index in [0.717, 1.165) is 5.69 Å². The van der Waals surface area contributed by atoms with Gasteiger partial charge in [-0.25, -0.2) is 4.39 Å². The minimum Gasteiger partial charge on any atom is -0.395 e. The number of amides is 1. The van der Waals surface area contributed by atoms with Gasteiger partial charge >= 0.3 is 6.29 Å². The zero-order chi connectivity index (χ0) is 21.9. The third-order valence-electron chi connectivity index (χ3n) is 5.30. The summed E-state index contributed by atoms with van der Waals surface area (Å²) in [5, 5.41) is 7.16. The summed E-state index contributed by atoms with van der Waals surface area (Å²) in [4.78, 5) is 14.8. The minimum absolute atomic E-state index is 0.112. The van der Waals surface area contributed by atoms with Gasteiger partial charge in [0, 0.05) is 17.3 Å². The van der Waals surface area contributed by atoms with Gasteiger partial charge in [-0.3, -0.25) is 14.8 Å². The van der Waals surface area contributed by atoms with Crippen LogP contribution in [-0.2, 0) is 6.42 Å². The summed E-state index contributed by atoms with van der Waals surface area (Å²) in [5.74, 6) is -0.751. The van der Waals surface area contributed by atoms with Gasteiger partial charge in [-0.15, -0.1) is 8.78 Å². The van der Waals surface area contributed by atoms with E-state index in [1.807, 2.05) is 13.8 Å². The van der Waals surface area contributed by atoms with Crippen molar-refractivity contribution in [2.45, 2.75) is 32.6 Å². The molecule has 0 bridgehead atoms. The van der Waals surface area contributed by atoms with Crippen molar-refractivity contribution >= 4 is 11.6 Å². The maximum atomic E-state index is 13.6. The molecule has 9 heteroatoms. The molecule has 1 atom stereocenters. The lowest BCUT2D eigenvalue weighted by atomic mass is 9.95. The molecule has 1 aromatic heterocycles. The summed E-state index contributed by atoms with van der Waals surface area (Å²) < 4.78 is 49.5. The van der Waals surface area contributed by atoms with E-state index >= 15 is 0 Å². The first-order valence-electron chi connectivity index (χ1n) is 9.79. The van der Waals surface area contributed by atoms with Crippen molar-refractivity contribution in [2.75, 3.05) is 4.90 Å². The molecule has 0 radical (unpaired) electrons. The number of halogens is 3. The summed E-state index contributed by atoms with van der Waals surface area (Å²) in [7, 11) is 0. The number of benzene rings is 2. The molecule has 0 spiro atoms. The molecule has 5 rings (SSSR count). The van der Waals surface area contributed by atoms with Crippen LogP contribution < -0.4 is 14.4 Å². The van der Waals surface area contributed by atoms with Gasteiger partial charge < -0.3 is 9.47 Å². The number of ether oxygens (including phenoxy) is 2. The monoisotopic (exact) mass is 429 g/mol. The Morgan fingerprint density at radius 1 is 1.13 bits per heavy atom. The number of carbonyl (C=O) groups is 1. The van der Waals surface area contributed by atoms with Crippen LogP contribution in [0.1, 0.15) is 47.2 Å². The smallest absolute Gasteiger partial charge is 0.395 e. The maximum absolute atomic E-state index is 13.6. The summed E-state index contributed by atoms with van der Waals surface area (Å²) >= 11 is 0. The molecule has 0 saturated heterocycles. The Morgan fingerprint density at radius 3 is 2.55 bits per heavy atom. The lowest BCUT2D eigenvalue weighted by Gasteiger charge is -2.26. The third-order valence-corrected chi connectivity index (χ3v) is 5.30. The van der Waals surface area contributed by atoms with E-state index < -0.39 is 18.2 Å². The van der Waals surface area contributed by atoms with Gasteiger partial charge in [0.05, 0.1) is 11.7 Å². The zero-order valence-electron chi connectivity index (χ0n) is 16.7. The van der Waals surface area contributed by atoms with E-state index in [1.54, 1.807) is 12.1 Å². The third kappa shape index (κ3) is 3.20. The molecule has 31 heavy (non-hydrogen) atoms. The highest BCUT2D eigenvalue weighted by Gasteiger charge is 2.46. The molecule has 2 aliphatic rings. The molecular formula is C22H18F3N3O3. The predicted octanol–water partition coefficient (Wildman–Crippen LogP) is 4.82. The number of nitrogens with one attached hydrogen (secondary N) is 1. The highest BCUT2D eigenvalue weighted by molar-refractivity contribution is 6.10. The molecule has 6 nitrogen and oxygen atoms in total. The molecule has 3 aromatic rings. The average molecular weight is 429 g/mol. The number of alkyl halides is 2. The molecule has 1 N–H and O–H groups in total. The van der Waals surface area contributed by atoms with Gasteiger partial charge in [0.1, 0.15) is 11.5 Å². The maximum Gasteiger partial charge on any atom is 0.586 e. The van der Waals surface area contributed by atoms with Crippen molar-refractivity contribution in [3.8, 4) is 11.5 Å². The van der Waals surface area contributed by atoms with Crippen LogP contribution >= 0.6 is 0 Å².